The van der Waals surface area contributed by atoms with Gasteiger partial charge in [0.2, 0.25) is 11.8 Å². The fourth-order valence-electron chi connectivity index (χ4n) is 3.86. The molecule has 0 aliphatic carbocycles. The van der Waals surface area contributed by atoms with Gasteiger partial charge in [-0.2, -0.15) is 0 Å². The molecule has 140 valence electrons. The van der Waals surface area contributed by atoms with Crippen molar-refractivity contribution in [3.05, 3.63) is 18.2 Å². The molecule has 2 unspecified atom stereocenters. The van der Waals surface area contributed by atoms with Crippen LogP contribution in [0, 0.1) is 11.8 Å². The SMILES string of the molecule is O=C(NCCC1CCNC1)C1CCN(c2ccc3c(c2)OCCO3)C1=O. The molecule has 2 N–H and O–H groups in total. The van der Waals surface area contributed by atoms with Crippen LogP contribution in [0.3, 0.4) is 0 Å². The van der Waals surface area contributed by atoms with Gasteiger partial charge in [-0.25, -0.2) is 0 Å². The third kappa shape index (κ3) is 3.49. The Morgan fingerprint density at radius 2 is 2.08 bits per heavy atom. The monoisotopic (exact) mass is 359 g/mol. The number of fused-ring (bicyclic) bond motifs is 1. The number of anilines is 1. The van der Waals surface area contributed by atoms with Crippen LogP contribution in [0.5, 0.6) is 11.5 Å². The Hall–Kier alpha value is -2.28. The summed E-state index contributed by atoms with van der Waals surface area (Å²) in [5, 5.41) is 6.27. The number of benzene rings is 1. The van der Waals surface area contributed by atoms with Crippen molar-refractivity contribution in [1.82, 2.24) is 10.6 Å². The van der Waals surface area contributed by atoms with Crippen LogP contribution in [-0.2, 0) is 9.59 Å². The fraction of sp³-hybridized carbons (Fsp3) is 0.579. The first-order chi connectivity index (χ1) is 12.7. The number of nitrogens with zero attached hydrogens (tertiary/aromatic N) is 1. The third-order valence-electron chi connectivity index (χ3n) is 5.37. The van der Waals surface area contributed by atoms with Crippen LogP contribution >= 0.6 is 0 Å². The summed E-state index contributed by atoms with van der Waals surface area (Å²) < 4.78 is 11.1. The Morgan fingerprint density at radius 1 is 1.23 bits per heavy atom. The van der Waals surface area contributed by atoms with E-state index >= 15 is 0 Å². The van der Waals surface area contributed by atoms with Gasteiger partial charge in [0.15, 0.2) is 11.5 Å². The van der Waals surface area contributed by atoms with E-state index in [9.17, 15) is 9.59 Å². The predicted octanol–water partition coefficient (Wildman–Crippen LogP) is 0.926. The van der Waals surface area contributed by atoms with Gasteiger partial charge in [0.1, 0.15) is 19.1 Å². The van der Waals surface area contributed by atoms with Crippen molar-refractivity contribution >= 4 is 17.5 Å². The first kappa shape index (κ1) is 17.1. The highest BCUT2D eigenvalue weighted by atomic mass is 16.6. The number of ether oxygens (including phenoxy) is 2. The van der Waals surface area contributed by atoms with Crippen LogP contribution in [0.15, 0.2) is 18.2 Å². The molecule has 7 heteroatoms. The van der Waals surface area contributed by atoms with Gasteiger partial charge in [0, 0.05) is 24.8 Å². The van der Waals surface area contributed by atoms with Gasteiger partial charge in [-0.05, 0) is 50.4 Å². The van der Waals surface area contributed by atoms with Crippen molar-refractivity contribution in [3.63, 3.8) is 0 Å². The molecule has 0 aromatic heterocycles. The highest BCUT2D eigenvalue weighted by Crippen LogP contribution is 2.36. The molecule has 0 radical (unpaired) electrons. The number of nitrogens with one attached hydrogen (secondary N) is 2. The van der Waals surface area contributed by atoms with E-state index in [1.807, 2.05) is 18.2 Å². The summed E-state index contributed by atoms with van der Waals surface area (Å²) in [5.74, 6) is 1.10. The lowest BCUT2D eigenvalue weighted by molar-refractivity contribution is -0.132. The Bertz CT molecular complexity index is 687. The van der Waals surface area contributed by atoms with Crippen LogP contribution in [0.2, 0.25) is 0 Å². The third-order valence-corrected chi connectivity index (χ3v) is 5.37. The zero-order valence-electron chi connectivity index (χ0n) is 14.8. The minimum Gasteiger partial charge on any atom is -0.486 e. The van der Waals surface area contributed by atoms with Gasteiger partial charge >= 0.3 is 0 Å². The molecule has 2 atom stereocenters. The Labute approximate surface area is 153 Å². The van der Waals surface area contributed by atoms with Crippen LogP contribution in [0.4, 0.5) is 5.69 Å². The van der Waals surface area contributed by atoms with E-state index in [-0.39, 0.29) is 11.8 Å². The highest BCUT2D eigenvalue weighted by molar-refractivity contribution is 6.09. The molecule has 1 aromatic rings. The van der Waals surface area contributed by atoms with Gasteiger partial charge < -0.3 is 25.0 Å². The number of rotatable bonds is 5. The number of carbonyl (C=O) groups is 2. The zero-order valence-corrected chi connectivity index (χ0v) is 14.8. The molecule has 2 fully saturated rings. The molecule has 3 aliphatic rings. The molecule has 0 saturated carbocycles. The predicted molar refractivity (Wildman–Crippen MR) is 96.5 cm³/mol. The minimum atomic E-state index is -0.593. The Morgan fingerprint density at radius 3 is 2.88 bits per heavy atom. The highest BCUT2D eigenvalue weighted by Gasteiger charge is 2.37. The summed E-state index contributed by atoms with van der Waals surface area (Å²) in [6.07, 6.45) is 2.67. The quantitative estimate of drug-likeness (QED) is 0.765. The van der Waals surface area contributed by atoms with Crippen molar-refractivity contribution in [1.29, 1.82) is 0 Å². The second-order valence-electron chi connectivity index (χ2n) is 7.10. The largest absolute Gasteiger partial charge is 0.486 e. The zero-order chi connectivity index (χ0) is 17.9. The Kier molecular flexibility index (Phi) is 4.97. The summed E-state index contributed by atoms with van der Waals surface area (Å²) in [6.45, 7) is 4.31. The number of hydrogen-bond acceptors (Lipinski definition) is 5. The molecule has 1 aromatic carbocycles. The second kappa shape index (κ2) is 7.53. The lowest BCUT2D eigenvalue weighted by Crippen LogP contribution is -2.37. The van der Waals surface area contributed by atoms with Crippen LogP contribution in [0.25, 0.3) is 0 Å². The molecule has 3 heterocycles. The van der Waals surface area contributed by atoms with Crippen LogP contribution < -0.4 is 25.0 Å². The maximum absolute atomic E-state index is 12.7. The first-order valence-electron chi connectivity index (χ1n) is 9.42. The Balaban J connectivity index is 1.34. The molecule has 4 rings (SSSR count). The van der Waals surface area contributed by atoms with Crippen LogP contribution in [-0.4, -0.2) is 51.2 Å². The fourth-order valence-corrected chi connectivity index (χ4v) is 3.86. The van der Waals surface area contributed by atoms with E-state index in [4.69, 9.17) is 9.47 Å². The van der Waals surface area contributed by atoms with Crippen molar-refractivity contribution in [3.8, 4) is 11.5 Å². The number of hydrogen-bond donors (Lipinski definition) is 2. The van der Waals surface area contributed by atoms with Gasteiger partial charge in [0.25, 0.3) is 0 Å². The van der Waals surface area contributed by atoms with E-state index in [1.54, 1.807) is 4.90 Å². The summed E-state index contributed by atoms with van der Waals surface area (Å²) >= 11 is 0. The number of carbonyl (C=O) groups excluding carboxylic acids is 2. The van der Waals surface area contributed by atoms with Crippen molar-refractivity contribution in [2.75, 3.05) is 44.3 Å². The average molecular weight is 359 g/mol. The van der Waals surface area contributed by atoms with E-state index in [1.165, 1.54) is 0 Å². The lowest BCUT2D eigenvalue weighted by atomic mass is 10.0. The van der Waals surface area contributed by atoms with E-state index in [0.29, 0.717) is 50.1 Å². The lowest BCUT2D eigenvalue weighted by Gasteiger charge is -2.22. The standard InChI is InChI=1S/C19H25N3O4/c23-18(21-7-4-13-3-6-20-12-13)15-5-8-22(19(15)24)14-1-2-16-17(11-14)26-10-9-25-16/h1-2,11,13,15,20H,3-10,12H2,(H,21,23). The second-order valence-corrected chi connectivity index (χ2v) is 7.10. The summed E-state index contributed by atoms with van der Waals surface area (Å²) in [6, 6.07) is 5.48. The summed E-state index contributed by atoms with van der Waals surface area (Å²) in [5.41, 5.74) is 0.756. The molecule has 3 aliphatic heterocycles. The van der Waals surface area contributed by atoms with E-state index in [2.05, 4.69) is 10.6 Å². The van der Waals surface area contributed by atoms with Crippen molar-refractivity contribution in [2.24, 2.45) is 11.8 Å². The van der Waals surface area contributed by atoms with Gasteiger partial charge in [-0.15, -0.1) is 0 Å². The van der Waals surface area contributed by atoms with Crippen molar-refractivity contribution < 1.29 is 19.1 Å². The molecule has 0 spiro atoms. The molecule has 2 amide bonds. The van der Waals surface area contributed by atoms with Gasteiger partial charge in [0.05, 0.1) is 0 Å². The van der Waals surface area contributed by atoms with Gasteiger partial charge in [-0.3, -0.25) is 9.59 Å². The van der Waals surface area contributed by atoms with Gasteiger partial charge in [-0.1, -0.05) is 0 Å². The minimum absolute atomic E-state index is 0.137. The molecule has 7 nitrogen and oxygen atoms in total. The normalized spacial score (nSPS) is 24.8. The van der Waals surface area contributed by atoms with E-state index < -0.39 is 5.92 Å². The maximum atomic E-state index is 12.7. The molecular formula is C19H25N3O4. The molecular weight excluding hydrogens is 334 g/mol. The molecule has 26 heavy (non-hydrogen) atoms. The van der Waals surface area contributed by atoms with Crippen LogP contribution in [0.1, 0.15) is 19.3 Å². The molecule has 0 bridgehead atoms. The average Bonchev–Trinajstić information content (AvgIpc) is 3.31. The topological polar surface area (TPSA) is 79.9 Å². The van der Waals surface area contributed by atoms with E-state index in [0.717, 1.165) is 31.6 Å². The smallest absolute Gasteiger partial charge is 0.239 e. The first-order valence-corrected chi connectivity index (χ1v) is 9.42. The summed E-state index contributed by atoms with van der Waals surface area (Å²) in [7, 11) is 0. The molecule has 2 saturated heterocycles. The maximum Gasteiger partial charge on any atom is 0.239 e. The van der Waals surface area contributed by atoms with Crippen molar-refractivity contribution in [2.45, 2.75) is 19.3 Å². The summed E-state index contributed by atoms with van der Waals surface area (Å²) in [4.78, 5) is 26.8. The number of amides is 2.